The number of rotatable bonds is 7. The first-order valence-electron chi connectivity index (χ1n) is 7.87. The number of amides is 2. The van der Waals surface area contributed by atoms with Gasteiger partial charge in [0.25, 0.3) is 0 Å². The van der Waals surface area contributed by atoms with Gasteiger partial charge >= 0.3 is 5.69 Å². The minimum absolute atomic E-state index is 0.00167. The fraction of sp³-hybridized carbons (Fsp3) is 0.438. The quantitative estimate of drug-likeness (QED) is 0.548. The Hall–Kier alpha value is -2.61. The van der Waals surface area contributed by atoms with Crippen molar-refractivity contribution < 1.29 is 9.59 Å². The minimum Gasteiger partial charge on any atom is -0.353 e. The van der Waals surface area contributed by atoms with Crippen LogP contribution in [0, 0.1) is 5.92 Å². The molecule has 0 saturated heterocycles. The molecule has 0 spiro atoms. The van der Waals surface area contributed by atoms with Crippen LogP contribution < -0.4 is 22.1 Å². The van der Waals surface area contributed by atoms with Gasteiger partial charge in [-0.2, -0.15) is 0 Å². The highest BCUT2D eigenvalue weighted by atomic mass is 16.2. The lowest BCUT2D eigenvalue weighted by Crippen LogP contribution is -2.47. The highest BCUT2D eigenvalue weighted by molar-refractivity contribution is 5.87. The van der Waals surface area contributed by atoms with Crippen molar-refractivity contribution >= 4 is 22.8 Å². The van der Waals surface area contributed by atoms with Gasteiger partial charge in [-0.15, -0.1) is 0 Å². The zero-order chi connectivity index (χ0) is 17.7. The summed E-state index contributed by atoms with van der Waals surface area (Å²) in [6.45, 7) is 4.16. The zero-order valence-electron chi connectivity index (χ0n) is 13.8. The first-order chi connectivity index (χ1) is 11.4. The average Bonchev–Trinajstić information content (AvgIpc) is 2.87. The Morgan fingerprint density at radius 2 is 1.96 bits per heavy atom. The van der Waals surface area contributed by atoms with Gasteiger partial charge in [0.05, 0.1) is 23.6 Å². The maximum Gasteiger partial charge on any atom is 0.326 e. The van der Waals surface area contributed by atoms with Gasteiger partial charge in [0.1, 0.15) is 0 Å². The van der Waals surface area contributed by atoms with Gasteiger partial charge < -0.3 is 21.4 Å². The Morgan fingerprint density at radius 3 is 2.67 bits per heavy atom. The molecule has 2 amide bonds. The molecule has 2 rings (SSSR count). The number of aromatic nitrogens is 2. The molecule has 130 valence electrons. The second-order valence-electron chi connectivity index (χ2n) is 5.94. The molecule has 2 aromatic rings. The van der Waals surface area contributed by atoms with Crippen molar-refractivity contribution in [3.8, 4) is 0 Å². The van der Waals surface area contributed by atoms with Crippen LogP contribution in [0.3, 0.4) is 0 Å². The van der Waals surface area contributed by atoms with E-state index >= 15 is 0 Å². The van der Waals surface area contributed by atoms with Gasteiger partial charge in [0, 0.05) is 13.1 Å². The molecule has 1 atom stereocenters. The van der Waals surface area contributed by atoms with Crippen molar-refractivity contribution in [3.63, 3.8) is 0 Å². The Labute approximate surface area is 139 Å². The predicted molar refractivity (Wildman–Crippen MR) is 91.4 cm³/mol. The molecule has 24 heavy (non-hydrogen) atoms. The molecule has 0 unspecified atom stereocenters. The molecule has 5 N–H and O–H groups in total. The molecular weight excluding hydrogens is 310 g/mol. The highest BCUT2D eigenvalue weighted by Crippen LogP contribution is 2.08. The molecule has 1 aromatic carbocycles. The highest BCUT2D eigenvalue weighted by Gasteiger charge is 2.17. The number of imidazole rings is 1. The van der Waals surface area contributed by atoms with Gasteiger partial charge in [0.2, 0.25) is 11.8 Å². The number of H-pyrrole nitrogens is 1. The van der Waals surface area contributed by atoms with Gasteiger partial charge in [-0.25, -0.2) is 4.79 Å². The summed E-state index contributed by atoms with van der Waals surface area (Å²) in [6.07, 6.45) is 0. The molecule has 0 aliphatic heterocycles. The second kappa shape index (κ2) is 7.78. The molecule has 0 aliphatic rings. The third kappa shape index (κ3) is 4.23. The number of benzene rings is 1. The van der Waals surface area contributed by atoms with E-state index in [1.807, 2.05) is 38.1 Å². The number of aromatic amines is 1. The lowest BCUT2D eigenvalue weighted by Gasteiger charge is -2.15. The molecule has 1 heterocycles. The van der Waals surface area contributed by atoms with Crippen molar-refractivity contribution in [2.75, 3.05) is 13.1 Å². The summed E-state index contributed by atoms with van der Waals surface area (Å²) in [4.78, 5) is 38.1. The van der Waals surface area contributed by atoms with Gasteiger partial charge in [0.15, 0.2) is 0 Å². The number of nitrogens with zero attached hydrogens (tertiary/aromatic N) is 1. The summed E-state index contributed by atoms with van der Waals surface area (Å²) >= 11 is 0. The SMILES string of the molecule is CC(C)[C@H](N)C(=O)NCC(=O)NCCn1c(=O)[nH]c2ccccc21. The number of hydrogen-bond donors (Lipinski definition) is 4. The van der Waals surface area contributed by atoms with Crippen molar-refractivity contribution in [3.05, 3.63) is 34.7 Å². The fourth-order valence-electron chi connectivity index (χ4n) is 2.29. The molecule has 0 radical (unpaired) electrons. The van der Waals surface area contributed by atoms with E-state index in [4.69, 9.17) is 5.73 Å². The van der Waals surface area contributed by atoms with Crippen LogP contribution in [0.15, 0.2) is 29.1 Å². The summed E-state index contributed by atoms with van der Waals surface area (Å²) in [7, 11) is 0. The number of nitrogens with one attached hydrogen (secondary N) is 3. The van der Waals surface area contributed by atoms with E-state index in [2.05, 4.69) is 15.6 Å². The molecule has 0 bridgehead atoms. The van der Waals surface area contributed by atoms with Crippen molar-refractivity contribution in [1.82, 2.24) is 20.2 Å². The topological polar surface area (TPSA) is 122 Å². The number of nitrogens with two attached hydrogens (primary N) is 1. The predicted octanol–water partition coefficient (Wildman–Crippen LogP) is -0.455. The van der Waals surface area contributed by atoms with Gasteiger partial charge in [-0.1, -0.05) is 26.0 Å². The molecule has 8 nitrogen and oxygen atoms in total. The van der Waals surface area contributed by atoms with Crippen LogP contribution in [0.5, 0.6) is 0 Å². The third-order valence-corrected chi connectivity index (χ3v) is 3.78. The summed E-state index contributed by atoms with van der Waals surface area (Å²) in [5.41, 5.74) is 7.01. The second-order valence-corrected chi connectivity index (χ2v) is 5.94. The fourth-order valence-corrected chi connectivity index (χ4v) is 2.29. The number of hydrogen-bond acceptors (Lipinski definition) is 4. The molecule has 8 heteroatoms. The normalized spacial score (nSPS) is 12.3. The minimum atomic E-state index is -0.636. The van der Waals surface area contributed by atoms with Gasteiger partial charge in [-0.05, 0) is 18.1 Å². The molecule has 0 fully saturated rings. The first kappa shape index (κ1) is 17.7. The van der Waals surface area contributed by atoms with Crippen LogP contribution in [0.2, 0.25) is 0 Å². The van der Waals surface area contributed by atoms with Crippen LogP contribution >= 0.6 is 0 Å². The number of carbonyl (C=O) groups excluding carboxylic acids is 2. The summed E-state index contributed by atoms with van der Waals surface area (Å²) in [5, 5.41) is 5.17. The van der Waals surface area contributed by atoms with E-state index < -0.39 is 6.04 Å². The molecule has 0 saturated carbocycles. The standard InChI is InChI=1S/C16H23N5O3/c1-10(2)14(17)15(23)19-9-13(22)18-7-8-21-12-6-4-3-5-11(12)20-16(21)24/h3-6,10,14H,7-9,17H2,1-2H3,(H,18,22)(H,19,23)(H,20,24)/t14-/m0/s1. The van der Waals surface area contributed by atoms with Crippen molar-refractivity contribution in [2.24, 2.45) is 11.7 Å². The van der Waals surface area contributed by atoms with Gasteiger partial charge in [-0.3, -0.25) is 14.2 Å². The van der Waals surface area contributed by atoms with Crippen molar-refractivity contribution in [1.29, 1.82) is 0 Å². The largest absolute Gasteiger partial charge is 0.353 e. The van der Waals surface area contributed by atoms with Crippen LogP contribution in [-0.2, 0) is 16.1 Å². The summed E-state index contributed by atoms with van der Waals surface area (Å²) in [6, 6.07) is 6.71. The van der Waals surface area contributed by atoms with E-state index in [0.717, 1.165) is 11.0 Å². The number of para-hydroxylation sites is 2. The van der Waals surface area contributed by atoms with Crippen LogP contribution in [0.25, 0.3) is 11.0 Å². The Morgan fingerprint density at radius 1 is 1.25 bits per heavy atom. The number of fused-ring (bicyclic) bond motifs is 1. The van der Waals surface area contributed by atoms with E-state index in [-0.39, 0.29) is 36.5 Å². The Kier molecular flexibility index (Phi) is 5.75. The smallest absolute Gasteiger partial charge is 0.326 e. The van der Waals surface area contributed by atoms with E-state index in [0.29, 0.717) is 6.54 Å². The Balaban J connectivity index is 1.81. The molecular formula is C16H23N5O3. The van der Waals surface area contributed by atoms with Crippen molar-refractivity contribution in [2.45, 2.75) is 26.4 Å². The maximum atomic E-state index is 11.9. The monoisotopic (exact) mass is 333 g/mol. The zero-order valence-corrected chi connectivity index (χ0v) is 13.8. The first-order valence-corrected chi connectivity index (χ1v) is 7.87. The third-order valence-electron chi connectivity index (χ3n) is 3.78. The maximum absolute atomic E-state index is 11.9. The summed E-state index contributed by atoms with van der Waals surface area (Å²) < 4.78 is 1.56. The van der Waals surface area contributed by atoms with Crippen LogP contribution in [0.4, 0.5) is 0 Å². The summed E-state index contributed by atoms with van der Waals surface area (Å²) in [5.74, 6) is -0.679. The van der Waals surface area contributed by atoms with E-state index in [1.165, 1.54) is 0 Å². The Bertz CT molecular complexity index is 777. The molecule has 0 aliphatic carbocycles. The van der Waals surface area contributed by atoms with E-state index in [1.54, 1.807) is 4.57 Å². The average molecular weight is 333 g/mol. The number of carbonyl (C=O) groups is 2. The lowest BCUT2D eigenvalue weighted by molar-refractivity contribution is -0.127. The van der Waals surface area contributed by atoms with E-state index in [9.17, 15) is 14.4 Å². The van der Waals surface area contributed by atoms with Crippen LogP contribution in [-0.4, -0.2) is 40.5 Å². The molecule has 1 aromatic heterocycles. The lowest BCUT2D eigenvalue weighted by atomic mass is 10.1. The van der Waals surface area contributed by atoms with Crippen LogP contribution in [0.1, 0.15) is 13.8 Å².